The molecule has 86 valence electrons. The number of hydrogen-bond acceptors (Lipinski definition) is 2. The number of fused-ring (bicyclic) bond motifs is 1. The van der Waals surface area contributed by atoms with Gasteiger partial charge in [0.15, 0.2) is 0 Å². The summed E-state index contributed by atoms with van der Waals surface area (Å²) < 4.78 is 2.11. The van der Waals surface area contributed by atoms with Crippen LogP contribution in [-0.4, -0.2) is 9.55 Å². The number of nitrogens with two attached hydrogens (primary N) is 1. The molecule has 0 aliphatic carbocycles. The topological polar surface area (TPSA) is 43.8 Å². The predicted molar refractivity (Wildman–Crippen MR) is 68.2 cm³/mol. The highest BCUT2D eigenvalue weighted by atomic mass is 15.1. The van der Waals surface area contributed by atoms with Crippen LogP contribution >= 0.6 is 0 Å². The maximum Gasteiger partial charge on any atom is 0.201 e. The van der Waals surface area contributed by atoms with Crippen molar-refractivity contribution in [1.29, 1.82) is 0 Å². The molecule has 2 aromatic rings. The first-order valence-corrected chi connectivity index (χ1v) is 5.89. The Morgan fingerprint density at radius 2 is 2.06 bits per heavy atom. The van der Waals surface area contributed by atoms with Crippen molar-refractivity contribution < 1.29 is 0 Å². The van der Waals surface area contributed by atoms with Gasteiger partial charge in [0.2, 0.25) is 5.95 Å². The molecule has 0 aliphatic heterocycles. The van der Waals surface area contributed by atoms with E-state index in [1.807, 2.05) is 18.2 Å². The Kier molecular flexibility index (Phi) is 3.13. The average Bonchev–Trinajstić information content (AvgIpc) is 2.55. The number of nitrogen functional groups attached to an aromatic ring is 1. The summed E-state index contributed by atoms with van der Waals surface area (Å²) in [7, 11) is 0. The van der Waals surface area contributed by atoms with E-state index in [0.29, 0.717) is 5.95 Å². The third-order valence-corrected chi connectivity index (χ3v) is 2.85. The number of aromatic nitrogens is 2. The molecule has 3 heteroatoms. The molecule has 2 N–H and O–H groups in total. The third-order valence-electron chi connectivity index (χ3n) is 2.85. The van der Waals surface area contributed by atoms with Crippen molar-refractivity contribution in [3.63, 3.8) is 0 Å². The van der Waals surface area contributed by atoms with Crippen LogP contribution in [0.25, 0.3) is 11.0 Å². The van der Waals surface area contributed by atoms with Crippen molar-refractivity contribution in [2.45, 2.75) is 33.2 Å². The lowest BCUT2D eigenvalue weighted by molar-refractivity contribution is 0.519. The van der Waals surface area contributed by atoms with Gasteiger partial charge in [-0.2, -0.15) is 0 Å². The van der Waals surface area contributed by atoms with E-state index >= 15 is 0 Å². The standard InChI is InChI=1S/C13H19N3/c1-10(2)6-5-9-16-12-8-4-3-7-11(12)15-13(16)14/h3-4,7-8,10H,5-6,9H2,1-2H3,(H2,14,15). The Morgan fingerprint density at radius 3 is 2.81 bits per heavy atom. The lowest BCUT2D eigenvalue weighted by Gasteiger charge is -2.07. The van der Waals surface area contributed by atoms with E-state index in [4.69, 9.17) is 5.73 Å². The average molecular weight is 217 g/mol. The normalized spacial score (nSPS) is 11.4. The minimum Gasteiger partial charge on any atom is -0.369 e. The van der Waals surface area contributed by atoms with Crippen LogP contribution < -0.4 is 5.73 Å². The van der Waals surface area contributed by atoms with Gasteiger partial charge in [0.1, 0.15) is 0 Å². The van der Waals surface area contributed by atoms with Gasteiger partial charge in [-0.05, 0) is 30.9 Å². The zero-order valence-electron chi connectivity index (χ0n) is 9.98. The lowest BCUT2D eigenvalue weighted by Crippen LogP contribution is -2.04. The van der Waals surface area contributed by atoms with E-state index in [1.165, 1.54) is 6.42 Å². The van der Waals surface area contributed by atoms with Gasteiger partial charge in [-0.25, -0.2) is 4.98 Å². The Balaban J connectivity index is 2.19. The molecule has 1 aromatic carbocycles. The number of rotatable bonds is 4. The fraction of sp³-hybridized carbons (Fsp3) is 0.462. The smallest absolute Gasteiger partial charge is 0.201 e. The summed E-state index contributed by atoms with van der Waals surface area (Å²) in [6, 6.07) is 8.11. The summed E-state index contributed by atoms with van der Waals surface area (Å²) in [6.45, 7) is 5.45. The van der Waals surface area contributed by atoms with Gasteiger partial charge in [0.25, 0.3) is 0 Å². The zero-order chi connectivity index (χ0) is 11.5. The van der Waals surface area contributed by atoms with E-state index in [-0.39, 0.29) is 0 Å². The van der Waals surface area contributed by atoms with E-state index in [1.54, 1.807) is 0 Å². The van der Waals surface area contributed by atoms with Crippen LogP contribution in [0.3, 0.4) is 0 Å². The van der Waals surface area contributed by atoms with Crippen LogP contribution in [0.5, 0.6) is 0 Å². The maximum absolute atomic E-state index is 5.92. The molecule has 2 rings (SSSR count). The van der Waals surface area contributed by atoms with E-state index in [9.17, 15) is 0 Å². The molecule has 1 aromatic heterocycles. The fourth-order valence-electron chi connectivity index (χ4n) is 1.99. The van der Waals surface area contributed by atoms with Gasteiger partial charge in [0.05, 0.1) is 11.0 Å². The molecule has 16 heavy (non-hydrogen) atoms. The molecule has 0 spiro atoms. The number of anilines is 1. The molecule has 0 saturated carbocycles. The van der Waals surface area contributed by atoms with Gasteiger partial charge < -0.3 is 10.3 Å². The van der Waals surface area contributed by atoms with E-state index in [2.05, 4.69) is 29.5 Å². The van der Waals surface area contributed by atoms with Crippen molar-refractivity contribution >= 4 is 17.0 Å². The fourth-order valence-corrected chi connectivity index (χ4v) is 1.99. The molecule has 0 fully saturated rings. The number of para-hydroxylation sites is 2. The second-order valence-corrected chi connectivity index (χ2v) is 4.65. The summed E-state index contributed by atoms with van der Waals surface area (Å²) in [5, 5.41) is 0. The Labute approximate surface area is 96.3 Å². The first-order chi connectivity index (χ1) is 7.68. The summed E-state index contributed by atoms with van der Waals surface area (Å²) in [5.41, 5.74) is 8.05. The number of imidazole rings is 1. The van der Waals surface area contributed by atoms with Crippen LogP contribution in [0.1, 0.15) is 26.7 Å². The Bertz CT molecular complexity index is 471. The number of nitrogens with zero attached hydrogens (tertiary/aromatic N) is 2. The first kappa shape index (κ1) is 11.0. The molecule has 0 radical (unpaired) electrons. The molecule has 0 aliphatic rings. The summed E-state index contributed by atoms with van der Waals surface area (Å²) in [4.78, 5) is 4.35. The number of hydrogen-bond donors (Lipinski definition) is 1. The van der Waals surface area contributed by atoms with Gasteiger partial charge >= 0.3 is 0 Å². The second-order valence-electron chi connectivity index (χ2n) is 4.65. The van der Waals surface area contributed by atoms with Crippen LogP contribution in [0.2, 0.25) is 0 Å². The van der Waals surface area contributed by atoms with Crippen LogP contribution in [-0.2, 0) is 6.54 Å². The van der Waals surface area contributed by atoms with E-state index < -0.39 is 0 Å². The summed E-state index contributed by atoms with van der Waals surface area (Å²) in [6.07, 6.45) is 2.38. The second kappa shape index (κ2) is 4.56. The highest BCUT2D eigenvalue weighted by molar-refractivity contribution is 5.78. The molecular formula is C13H19N3. The third kappa shape index (κ3) is 2.18. The Hall–Kier alpha value is -1.51. The predicted octanol–water partition coefficient (Wildman–Crippen LogP) is 3.05. The maximum atomic E-state index is 5.92. The molecule has 0 unspecified atom stereocenters. The van der Waals surface area contributed by atoms with Crippen molar-refractivity contribution in [2.24, 2.45) is 5.92 Å². The molecular weight excluding hydrogens is 198 g/mol. The Morgan fingerprint density at radius 1 is 1.31 bits per heavy atom. The van der Waals surface area contributed by atoms with Crippen LogP contribution in [0.4, 0.5) is 5.95 Å². The van der Waals surface area contributed by atoms with Gasteiger partial charge in [-0.3, -0.25) is 0 Å². The lowest BCUT2D eigenvalue weighted by atomic mass is 10.1. The van der Waals surface area contributed by atoms with Crippen molar-refractivity contribution in [3.8, 4) is 0 Å². The van der Waals surface area contributed by atoms with Crippen molar-refractivity contribution in [2.75, 3.05) is 5.73 Å². The molecule has 0 atom stereocenters. The zero-order valence-corrected chi connectivity index (χ0v) is 9.98. The van der Waals surface area contributed by atoms with Crippen LogP contribution in [0.15, 0.2) is 24.3 Å². The highest BCUT2D eigenvalue weighted by Gasteiger charge is 2.06. The first-order valence-electron chi connectivity index (χ1n) is 5.89. The SMILES string of the molecule is CC(C)CCCn1c(N)nc2ccccc21. The molecule has 3 nitrogen and oxygen atoms in total. The molecule has 0 amide bonds. The highest BCUT2D eigenvalue weighted by Crippen LogP contribution is 2.18. The summed E-state index contributed by atoms with van der Waals surface area (Å²) in [5.74, 6) is 1.38. The molecule has 0 saturated heterocycles. The number of benzene rings is 1. The van der Waals surface area contributed by atoms with Crippen LogP contribution in [0, 0.1) is 5.92 Å². The quantitative estimate of drug-likeness (QED) is 0.855. The number of aryl methyl sites for hydroxylation is 1. The van der Waals surface area contributed by atoms with E-state index in [0.717, 1.165) is 29.9 Å². The van der Waals surface area contributed by atoms with Crippen molar-refractivity contribution in [1.82, 2.24) is 9.55 Å². The molecule has 0 bridgehead atoms. The van der Waals surface area contributed by atoms with Gasteiger partial charge in [-0.1, -0.05) is 26.0 Å². The monoisotopic (exact) mass is 217 g/mol. The molecule has 1 heterocycles. The minimum absolute atomic E-state index is 0.630. The van der Waals surface area contributed by atoms with Gasteiger partial charge in [-0.15, -0.1) is 0 Å². The van der Waals surface area contributed by atoms with Crippen molar-refractivity contribution in [3.05, 3.63) is 24.3 Å². The minimum atomic E-state index is 0.630. The van der Waals surface area contributed by atoms with Gasteiger partial charge in [0, 0.05) is 6.54 Å². The largest absolute Gasteiger partial charge is 0.369 e. The summed E-state index contributed by atoms with van der Waals surface area (Å²) >= 11 is 0.